The van der Waals surface area contributed by atoms with E-state index in [1.54, 1.807) is 6.07 Å². The number of benzene rings is 1. The molecule has 6 heteroatoms. The average Bonchev–Trinajstić information content (AvgIpc) is 2.77. The van der Waals surface area contributed by atoms with Crippen molar-refractivity contribution in [3.05, 3.63) is 33.9 Å². The van der Waals surface area contributed by atoms with E-state index in [2.05, 4.69) is 19.2 Å². The minimum Gasteiger partial charge on any atom is -0.380 e. The van der Waals surface area contributed by atoms with Crippen molar-refractivity contribution in [2.75, 3.05) is 18.4 Å². The van der Waals surface area contributed by atoms with Crippen molar-refractivity contribution in [2.24, 2.45) is 0 Å². The van der Waals surface area contributed by atoms with Crippen LogP contribution in [0.25, 0.3) is 0 Å². The number of hydrogen-bond donors (Lipinski definition) is 1. The monoisotopic (exact) mass is 291 g/mol. The fraction of sp³-hybridized carbons (Fsp3) is 0.533. The van der Waals surface area contributed by atoms with E-state index in [-0.39, 0.29) is 17.1 Å². The van der Waals surface area contributed by atoms with Gasteiger partial charge in [0.05, 0.1) is 4.92 Å². The number of likely N-dealkylation sites (tertiary alicyclic amines) is 1. The van der Waals surface area contributed by atoms with Gasteiger partial charge in [-0.15, -0.1) is 0 Å². The Bertz CT molecular complexity index is 569. The maximum atomic E-state index is 12.6. The first-order valence-electron chi connectivity index (χ1n) is 7.21. The van der Waals surface area contributed by atoms with E-state index < -0.39 is 4.92 Å². The molecule has 1 saturated heterocycles. The Hall–Kier alpha value is -2.11. The second kappa shape index (κ2) is 5.71. The van der Waals surface area contributed by atoms with Gasteiger partial charge < -0.3 is 10.2 Å². The third-order valence-corrected chi connectivity index (χ3v) is 3.95. The molecule has 1 fully saturated rings. The molecule has 21 heavy (non-hydrogen) atoms. The maximum Gasteiger partial charge on any atom is 0.292 e. The summed E-state index contributed by atoms with van der Waals surface area (Å²) in [5, 5.41) is 14.0. The molecular weight excluding hydrogens is 270 g/mol. The van der Waals surface area contributed by atoms with E-state index in [4.69, 9.17) is 0 Å². The van der Waals surface area contributed by atoms with Crippen molar-refractivity contribution in [1.82, 2.24) is 4.90 Å². The Labute approximate surface area is 124 Å². The largest absolute Gasteiger partial charge is 0.380 e. The van der Waals surface area contributed by atoms with Crippen molar-refractivity contribution in [1.29, 1.82) is 0 Å². The predicted molar refractivity (Wildman–Crippen MR) is 81.6 cm³/mol. The fourth-order valence-electron chi connectivity index (χ4n) is 2.80. The van der Waals surface area contributed by atoms with Gasteiger partial charge in [-0.3, -0.25) is 14.9 Å². The lowest BCUT2D eigenvalue weighted by molar-refractivity contribution is -0.384. The molecule has 1 aliphatic heterocycles. The molecule has 6 nitrogen and oxygen atoms in total. The summed E-state index contributed by atoms with van der Waals surface area (Å²) in [7, 11) is 0. The van der Waals surface area contributed by atoms with Gasteiger partial charge in [-0.1, -0.05) is 0 Å². The van der Waals surface area contributed by atoms with Gasteiger partial charge in [-0.05, 0) is 45.7 Å². The lowest BCUT2D eigenvalue weighted by atomic mass is 10.0. The van der Waals surface area contributed by atoms with Crippen LogP contribution in [0.2, 0.25) is 0 Å². The number of nitro groups is 1. The van der Waals surface area contributed by atoms with Crippen LogP contribution in [0.15, 0.2) is 18.2 Å². The molecule has 0 spiro atoms. The number of amides is 1. The average molecular weight is 291 g/mol. The van der Waals surface area contributed by atoms with Crippen molar-refractivity contribution in [3.8, 4) is 0 Å². The summed E-state index contributed by atoms with van der Waals surface area (Å²) in [5.41, 5.74) is 0.725. The van der Waals surface area contributed by atoms with Crippen LogP contribution in [0.3, 0.4) is 0 Å². The highest BCUT2D eigenvalue weighted by Crippen LogP contribution is 2.31. The number of nitro benzene ring substituents is 1. The molecule has 1 amide bonds. The molecule has 2 rings (SSSR count). The van der Waals surface area contributed by atoms with Crippen LogP contribution in [0.1, 0.15) is 44.0 Å². The topological polar surface area (TPSA) is 75.5 Å². The van der Waals surface area contributed by atoms with Gasteiger partial charge in [0, 0.05) is 30.3 Å². The van der Waals surface area contributed by atoms with Crippen LogP contribution in [0.4, 0.5) is 11.4 Å². The van der Waals surface area contributed by atoms with E-state index in [0.717, 1.165) is 19.4 Å². The van der Waals surface area contributed by atoms with Crippen LogP contribution in [-0.2, 0) is 0 Å². The first-order valence-corrected chi connectivity index (χ1v) is 7.21. The lowest BCUT2D eigenvalue weighted by Gasteiger charge is -2.31. The van der Waals surface area contributed by atoms with E-state index >= 15 is 0 Å². The maximum absolute atomic E-state index is 12.6. The first-order chi connectivity index (χ1) is 9.86. The molecule has 0 bridgehead atoms. The van der Waals surface area contributed by atoms with Crippen LogP contribution >= 0.6 is 0 Å². The zero-order valence-corrected chi connectivity index (χ0v) is 12.7. The van der Waals surface area contributed by atoms with Crippen molar-refractivity contribution >= 4 is 17.3 Å². The van der Waals surface area contributed by atoms with Crippen molar-refractivity contribution in [2.45, 2.75) is 39.2 Å². The number of hydrogen-bond acceptors (Lipinski definition) is 4. The summed E-state index contributed by atoms with van der Waals surface area (Å²) in [6.45, 7) is 7.26. The molecule has 0 radical (unpaired) electrons. The third-order valence-electron chi connectivity index (χ3n) is 3.95. The fourth-order valence-corrected chi connectivity index (χ4v) is 2.80. The molecule has 114 valence electrons. The Balaban J connectivity index is 2.34. The Kier molecular flexibility index (Phi) is 4.16. The zero-order valence-electron chi connectivity index (χ0n) is 12.7. The Morgan fingerprint density at radius 1 is 1.48 bits per heavy atom. The molecule has 1 aromatic rings. The summed E-state index contributed by atoms with van der Waals surface area (Å²) >= 11 is 0. The van der Waals surface area contributed by atoms with Crippen LogP contribution in [0.5, 0.6) is 0 Å². The van der Waals surface area contributed by atoms with Gasteiger partial charge in [0.25, 0.3) is 11.6 Å². The van der Waals surface area contributed by atoms with E-state index in [0.29, 0.717) is 17.8 Å². The number of nitrogens with one attached hydrogen (secondary N) is 1. The summed E-state index contributed by atoms with van der Waals surface area (Å²) in [6.07, 6.45) is 1.97. The second-order valence-electron chi connectivity index (χ2n) is 5.89. The highest BCUT2D eigenvalue weighted by Gasteiger charge is 2.36. The summed E-state index contributed by atoms with van der Waals surface area (Å²) < 4.78 is 0. The highest BCUT2D eigenvalue weighted by atomic mass is 16.6. The third kappa shape index (κ3) is 2.99. The van der Waals surface area contributed by atoms with E-state index in [1.807, 2.05) is 11.8 Å². The quantitative estimate of drug-likeness (QED) is 0.683. The number of carbonyl (C=O) groups is 1. The van der Waals surface area contributed by atoms with E-state index in [9.17, 15) is 14.9 Å². The van der Waals surface area contributed by atoms with Crippen molar-refractivity contribution in [3.63, 3.8) is 0 Å². The van der Waals surface area contributed by atoms with Crippen LogP contribution in [0, 0.1) is 10.1 Å². The molecule has 1 N–H and O–H groups in total. The zero-order chi connectivity index (χ0) is 15.6. The van der Waals surface area contributed by atoms with Crippen LogP contribution < -0.4 is 5.32 Å². The Morgan fingerprint density at radius 2 is 2.19 bits per heavy atom. The summed E-state index contributed by atoms with van der Waals surface area (Å²) in [6, 6.07) is 4.52. The molecule has 1 heterocycles. The molecule has 0 aliphatic carbocycles. The van der Waals surface area contributed by atoms with Gasteiger partial charge in [0.2, 0.25) is 0 Å². The molecule has 1 aromatic carbocycles. The lowest BCUT2D eigenvalue weighted by Crippen LogP contribution is -2.42. The predicted octanol–water partition coefficient (Wildman–Crippen LogP) is 3.04. The molecular formula is C15H21N3O3. The summed E-state index contributed by atoms with van der Waals surface area (Å²) in [4.78, 5) is 25.0. The van der Waals surface area contributed by atoms with Gasteiger partial charge in [-0.2, -0.15) is 0 Å². The highest BCUT2D eigenvalue weighted by molar-refractivity contribution is 5.96. The Morgan fingerprint density at radius 3 is 2.71 bits per heavy atom. The van der Waals surface area contributed by atoms with Crippen LogP contribution in [-0.4, -0.2) is 34.4 Å². The van der Waals surface area contributed by atoms with Gasteiger partial charge in [0.1, 0.15) is 5.69 Å². The summed E-state index contributed by atoms with van der Waals surface area (Å²) in [5.74, 6) is -0.0634. The standard InChI is InChI=1S/C15H21N3O3/c1-4-16-12-10-11(6-7-13(12)18(20)21)14(19)17-9-5-8-15(17,2)3/h6-7,10,16H,4-5,8-9H2,1-3H3. The smallest absolute Gasteiger partial charge is 0.292 e. The van der Waals surface area contributed by atoms with Crippen molar-refractivity contribution < 1.29 is 9.72 Å². The number of rotatable bonds is 4. The van der Waals surface area contributed by atoms with Gasteiger partial charge in [-0.25, -0.2) is 0 Å². The minimum absolute atomic E-state index is 0.00548. The SMILES string of the molecule is CCNc1cc(C(=O)N2CCCC2(C)C)ccc1[N+](=O)[O-]. The molecule has 0 aromatic heterocycles. The minimum atomic E-state index is -0.438. The number of carbonyl (C=O) groups excluding carboxylic acids is 1. The molecule has 1 aliphatic rings. The van der Waals surface area contributed by atoms with E-state index in [1.165, 1.54) is 12.1 Å². The molecule has 0 saturated carbocycles. The number of nitrogens with zero attached hydrogens (tertiary/aromatic N) is 2. The molecule has 0 unspecified atom stereocenters. The van der Waals surface area contributed by atoms with Gasteiger partial charge >= 0.3 is 0 Å². The molecule has 0 atom stereocenters. The van der Waals surface area contributed by atoms with Gasteiger partial charge in [0.15, 0.2) is 0 Å². The first kappa shape index (κ1) is 15.3. The number of anilines is 1. The second-order valence-corrected chi connectivity index (χ2v) is 5.89. The normalized spacial score (nSPS) is 16.8.